The van der Waals surface area contributed by atoms with Gasteiger partial charge in [0.2, 0.25) is 0 Å². The number of rotatable bonds is 11. The smallest absolute Gasteiger partial charge is 0.000178 e. The van der Waals surface area contributed by atoms with Crippen molar-refractivity contribution >= 4 is 22.6 Å². The van der Waals surface area contributed by atoms with Crippen molar-refractivity contribution < 1.29 is 0 Å². The average Bonchev–Trinajstić information content (AvgIpc) is 2.35. The molecular formula is C16H27I. The fraction of sp³-hybridized carbons (Fsp3) is 0.625. The molecule has 0 atom stereocenters. The molecule has 0 unspecified atom stereocenters. The Morgan fingerprint density at radius 2 is 1.29 bits per heavy atom. The first-order valence-electron chi connectivity index (χ1n) is 6.94. The summed E-state index contributed by atoms with van der Waals surface area (Å²) in [5, 5.41) is 0. The highest BCUT2D eigenvalue weighted by Gasteiger charge is 1.81. The van der Waals surface area contributed by atoms with Crippen LogP contribution in [0.2, 0.25) is 0 Å². The Kier molecular flexibility index (Phi) is 15.9. The van der Waals surface area contributed by atoms with Gasteiger partial charge >= 0.3 is 0 Å². The van der Waals surface area contributed by atoms with Crippen molar-refractivity contribution in [2.75, 3.05) is 4.43 Å². The van der Waals surface area contributed by atoms with Crippen molar-refractivity contribution in [3.05, 3.63) is 36.5 Å². The number of hydrogen-bond donors (Lipinski definition) is 0. The predicted octanol–water partition coefficient (Wildman–Crippen LogP) is 6.23. The lowest BCUT2D eigenvalue weighted by Crippen LogP contribution is -1.71. The average molecular weight is 346 g/mol. The first-order chi connectivity index (χ1) is 8.41. The van der Waals surface area contributed by atoms with Crippen molar-refractivity contribution in [2.45, 2.75) is 58.3 Å². The van der Waals surface area contributed by atoms with E-state index in [1.807, 2.05) is 0 Å². The van der Waals surface area contributed by atoms with Crippen molar-refractivity contribution in [3.8, 4) is 0 Å². The summed E-state index contributed by atoms with van der Waals surface area (Å²) in [6.45, 7) is 2.25. The van der Waals surface area contributed by atoms with Gasteiger partial charge in [0, 0.05) is 0 Å². The third-order valence-electron chi connectivity index (χ3n) is 2.53. The molecule has 0 aliphatic heterocycles. The highest BCUT2D eigenvalue weighted by atomic mass is 127. The van der Waals surface area contributed by atoms with Crippen LogP contribution in [0.4, 0.5) is 0 Å². The molecule has 0 radical (unpaired) electrons. The third-order valence-corrected chi connectivity index (χ3v) is 3.29. The minimum absolute atomic E-state index is 1.17. The van der Waals surface area contributed by atoms with Crippen LogP contribution in [0, 0.1) is 0 Å². The zero-order chi connectivity index (χ0) is 12.6. The summed E-state index contributed by atoms with van der Waals surface area (Å²) in [6.07, 6.45) is 23.7. The first kappa shape index (κ1) is 16.9. The molecule has 98 valence electrons. The summed E-state index contributed by atoms with van der Waals surface area (Å²) in [5.41, 5.74) is 0. The fourth-order valence-electron chi connectivity index (χ4n) is 1.48. The summed E-state index contributed by atoms with van der Waals surface area (Å²) in [7, 11) is 0. The molecule has 0 saturated heterocycles. The molecule has 0 nitrogen and oxygen atoms in total. The van der Waals surface area contributed by atoms with Crippen LogP contribution in [0.25, 0.3) is 0 Å². The van der Waals surface area contributed by atoms with E-state index in [0.29, 0.717) is 0 Å². The quantitative estimate of drug-likeness (QED) is 0.137. The van der Waals surface area contributed by atoms with Crippen molar-refractivity contribution in [1.29, 1.82) is 0 Å². The van der Waals surface area contributed by atoms with Gasteiger partial charge in [-0.3, -0.25) is 0 Å². The maximum Gasteiger partial charge on any atom is -0.000178 e. The maximum absolute atomic E-state index is 2.42. The number of unbranched alkanes of at least 4 members (excludes halogenated alkanes) is 5. The molecule has 0 aromatic rings. The minimum Gasteiger partial charge on any atom is -0.0885 e. The highest BCUT2D eigenvalue weighted by molar-refractivity contribution is 14.1. The molecule has 0 aliphatic rings. The largest absolute Gasteiger partial charge is 0.0885 e. The van der Waals surface area contributed by atoms with E-state index in [-0.39, 0.29) is 0 Å². The Labute approximate surface area is 121 Å². The van der Waals surface area contributed by atoms with Crippen LogP contribution in [0.5, 0.6) is 0 Å². The third kappa shape index (κ3) is 15.9. The van der Waals surface area contributed by atoms with E-state index in [2.05, 4.69) is 66.0 Å². The van der Waals surface area contributed by atoms with Crippen LogP contribution in [0.3, 0.4) is 0 Å². The number of halogens is 1. The van der Waals surface area contributed by atoms with Gasteiger partial charge in [0.15, 0.2) is 0 Å². The number of alkyl halides is 1. The SMILES string of the molecule is CCCCC/C=C\CCC=CC=CCCCI. The Bertz CT molecular complexity index is 214. The van der Waals surface area contributed by atoms with E-state index in [9.17, 15) is 0 Å². The normalized spacial score (nSPS) is 12.4. The van der Waals surface area contributed by atoms with Crippen LogP contribution < -0.4 is 0 Å². The van der Waals surface area contributed by atoms with Crippen molar-refractivity contribution in [2.24, 2.45) is 0 Å². The maximum atomic E-state index is 2.42. The van der Waals surface area contributed by atoms with Gasteiger partial charge in [0.1, 0.15) is 0 Å². The van der Waals surface area contributed by atoms with Crippen LogP contribution in [-0.2, 0) is 0 Å². The summed E-state index contributed by atoms with van der Waals surface area (Å²) in [5.74, 6) is 0. The second-order valence-electron chi connectivity index (χ2n) is 4.23. The molecule has 1 heteroatoms. The van der Waals surface area contributed by atoms with Gasteiger partial charge in [-0.2, -0.15) is 0 Å². The van der Waals surface area contributed by atoms with E-state index in [1.165, 1.54) is 55.8 Å². The summed E-state index contributed by atoms with van der Waals surface area (Å²) >= 11 is 2.42. The number of hydrogen-bond acceptors (Lipinski definition) is 0. The zero-order valence-electron chi connectivity index (χ0n) is 11.2. The molecule has 0 heterocycles. The second kappa shape index (κ2) is 16.0. The highest BCUT2D eigenvalue weighted by Crippen LogP contribution is 2.01. The Morgan fingerprint density at radius 3 is 2.00 bits per heavy atom. The Balaban J connectivity index is 3.26. The molecule has 0 fully saturated rings. The van der Waals surface area contributed by atoms with Crippen LogP contribution in [-0.4, -0.2) is 4.43 Å². The summed E-state index contributed by atoms with van der Waals surface area (Å²) in [6, 6.07) is 0. The van der Waals surface area contributed by atoms with E-state index in [1.54, 1.807) is 0 Å². The van der Waals surface area contributed by atoms with Gasteiger partial charge in [-0.1, -0.05) is 78.8 Å². The Hall–Kier alpha value is -0.0500. The molecule has 0 aromatic carbocycles. The Morgan fingerprint density at radius 1 is 0.706 bits per heavy atom. The molecule has 0 spiro atoms. The van der Waals surface area contributed by atoms with Gasteiger partial charge < -0.3 is 0 Å². The molecule has 0 N–H and O–H groups in total. The fourth-order valence-corrected chi connectivity index (χ4v) is 1.93. The van der Waals surface area contributed by atoms with Gasteiger partial charge in [-0.05, 0) is 43.0 Å². The molecule has 0 aliphatic carbocycles. The zero-order valence-corrected chi connectivity index (χ0v) is 13.4. The van der Waals surface area contributed by atoms with Crippen molar-refractivity contribution in [1.82, 2.24) is 0 Å². The molecule has 0 aromatic heterocycles. The van der Waals surface area contributed by atoms with E-state index in [0.717, 1.165) is 0 Å². The van der Waals surface area contributed by atoms with Crippen LogP contribution in [0.1, 0.15) is 58.3 Å². The first-order valence-corrected chi connectivity index (χ1v) is 8.47. The van der Waals surface area contributed by atoms with E-state index in [4.69, 9.17) is 0 Å². The lowest BCUT2D eigenvalue weighted by molar-refractivity contribution is 0.728. The molecule has 0 saturated carbocycles. The van der Waals surface area contributed by atoms with Crippen molar-refractivity contribution in [3.63, 3.8) is 0 Å². The van der Waals surface area contributed by atoms with Gasteiger partial charge in [-0.25, -0.2) is 0 Å². The van der Waals surface area contributed by atoms with E-state index < -0.39 is 0 Å². The van der Waals surface area contributed by atoms with Crippen LogP contribution >= 0.6 is 22.6 Å². The molecule has 0 amide bonds. The van der Waals surface area contributed by atoms with Crippen LogP contribution in [0.15, 0.2) is 36.5 Å². The molecular weight excluding hydrogens is 319 g/mol. The van der Waals surface area contributed by atoms with E-state index >= 15 is 0 Å². The lowest BCUT2D eigenvalue weighted by Gasteiger charge is -1.91. The molecule has 0 rings (SSSR count). The molecule has 17 heavy (non-hydrogen) atoms. The lowest BCUT2D eigenvalue weighted by atomic mass is 10.2. The van der Waals surface area contributed by atoms with Gasteiger partial charge in [-0.15, -0.1) is 0 Å². The molecule has 0 bridgehead atoms. The topological polar surface area (TPSA) is 0 Å². The monoisotopic (exact) mass is 346 g/mol. The standard InChI is InChI=1S/C16H27I/c1-2-3-4-5-6-7-8-9-10-11-12-13-14-15-16-17/h6-7,10-13H,2-5,8-9,14-16H2,1H3/b7-6-,11-10?,13-12?. The number of allylic oxidation sites excluding steroid dienone is 6. The minimum atomic E-state index is 1.17. The van der Waals surface area contributed by atoms with Gasteiger partial charge in [0.05, 0.1) is 0 Å². The van der Waals surface area contributed by atoms with Gasteiger partial charge in [0.25, 0.3) is 0 Å². The summed E-state index contributed by atoms with van der Waals surface area (Å²) < 4.78 is 1.26. The predicted molar refractivity (Wildman–Crippen MR) is 88.9 cm³/mol. The second-order valence-corrected chi connectivity index (χ2v) is 5.31. The summed E-state index contributed by atoms with van der Waals surface area (Å²) in [4.78, 5) is 0.